The normalized spacial score (nSPS) is 17.8. The largest absolute Gasteiger partial charge is 0.308 e. The minimum absolute atomic E-state index is 0.0213. The quantitative estimate of drug-likeness (QED) is 0.721. The highest BCUT2D eigenvalue weighted by molar-refractivity contribution is 7.89. The Hall–Kier alpha value is -1.89. The molecule has 1 saturated heterocycles. The number of aryl methyl sites for hydroxylation is 2. The molecular weight excluding hydrogens is 408 g/mol. The molecule has 0 aromatic heterocycles. The lowest BCUT2D eigenvalue weighted by Gasteiger charge is -2.30. The molecule has 0 N–H and O–H groups in total. The van der Waals surface area contributed by atoms with Crippen LogP contribution in [0.15, 0.2) is 41.3 Å². The fourth-order valence-corrected chi connectivity index (χ4v) is 6.19. The molecule has 29 heavy (non-hydrogen) atoms. The Kier molecular flexibility index (Phi) is 5.69. The molecule has 2 aromatic rings. The summed E-state index contributed by atoms with van der Waals surface area (Å²) in [5.74, 6) is -0.193. The van der Waals surface area contributed by atoms with Crippen molar-refractivity contribution in [3.63, 3.8) is 0 Å². The number of sulfonamides is 1. The summed E-state index contributed by atoms with van der Waals surface area (Å²) < 4.78 is 27.7. The van der Waals surface area contributed by atoms with E-state index in [1.165, 1.54) is 22.0 Å². The Morgan fingerprint density at radius 3 is 2.48 bits per heavy atom. The predicted octanol–water partition coefficient (Wildman–Crippen LogP) is 4.42. The van der Waals surface area contributed by atoms with Crippen LogP contribution in [-0.2, 0) is 16.4 Å². The summed E-state index contributed by atoms with van der Waals surface area (Å²) in [7, 11) is -3.71. The molecule has 4 rings (SSSR count). The summed E-state index contributed by atoms with van der Waals surface area (Å²) in [5, 5.41) is 0.154. The van der Waals surface area contributed by atoms with E-state index < -0.39 is 10.0 Å². The highest BCUT2D eigenvalue weighted by Crippen LogP contribution is 2.32. The first-order chi connectivity index (χ1) is 13.9. The maximum absolute atomic E-state index is 13.3. The van der Waals surface area contributed by atoms with Gasteiger partial charge in [0, 0.05) is 30.9 Å². The van der Waals surface area contributed by atoms with Crippen molar-refractivity contribution in [3.05, 3.63) is 58.1 Å². The molecule has 1 fully saturated rings. The van der Waals surface area contributed by atoms with Crippen LogP contribution in [0.25, 0.3) is 0 Å². The lowest BCUT2D eigenvalue weighted by Crippen LogP contribution is -2.37. The van der Waals surface area contributed by atoms with Crippen LogP contribution in [0.1, 0.15) is 47.2 Å². The number of rotatable bonds is 3. The fraction of sp³-hybridized carbons (Fsp3) is 0.409. The molecule has 0 unspecified atom stereocenters. The minimum atomic E-state index is -3.71. The van der Waals surface area contributed by atoms with Crippen molar-refractivity contribution in [2.75, 3.05) is 24.5 Å². The third-order valence-corrected chi connectivity index (χ3v) is 8.09. The van der Waals surface area contributed by atoms with E-state index in [1.54, 1.807) is 11.0 Å². The summed E-state index contributed by atoms with van der Waals surface area (Å²) in [5.41, 5.74) is 3.57. The average Bonchev–Trinajstić information content (AvgIpc) is 2.73. The van der Waals surface area contributed by atoms with Crippen LogP contribution in [0, 0.1) is 6.92 Å². The minimum Gasteiger partial charge on any atom is -0.308 e. The Bertz CT molecular complexity index is 1050. The molecule has 0 spiro atoms. The van der Waals surface area contributed by atoms with Crippen LogP contribution >= 0.6 is 11.6 Å². The summed E-state index contributed by atoms with van der Waals surface area (Å²) >= 11 is 6.26. The van der Waals surface area contributed by atoms with Crippen molar-refractivity contribution in [3.8, 4) is 0 Å². The van der Waals surface area contributed by atoms with E-state index in [9.17, 15) is 13.2 Å². The number of benzene rings is 2. The fourth-order valence-electron chi connectivity index (χ4n) is 4.17. The van der Waals surface area contributed by atoms with Gasteiger partial charge in [0.05, 0.1) is 5.02 Å². The van der Waals surface area contributed by atoms with Gasteiger partial charge in [-0.2, -0.15) is 4.31 Å². The van der Waals surface area contributed by atoms with Crippen molar-refractivity contribution < 1.29 is 13.2 Å². The number of carbonyl (C=O) groups is 1. The molecule has 0 atom stereocenters. The Balaban J connectivity index is 1.69. The van der Waals surface area contributed by atoms with Crippen LogP contribution in [0.4, 0.5) is 5.69 Å². The Morgan fingerprint density at radius 2 is 1.72 bits per heavy atom. The van der Waals surface area contributed by atoms with Gasteiger partial charge in [-0.3, -0.25) is 4.79 Å². The molecule has 0 saturated carbocycles. The third kappa shape index (κ3) is 3.93. The second-order valence-electron chi connectivity index (χ2n) is 7.80. The molecule has 2 heterocycles. The van der Waals surface area contributed by atoms with Gasteiger partial charge >= 0.3 is 0 Å². The zero-order valence-corrected chi connectivity index (χ0v) is 18.1. The standard InChI is InChI=1S/C22H25ClN2O3S/c1-16-7-10-20-17(14-16)6-5-13-25(20)22(26)18-8-9-19(23)21(15-18)29(27,28)24-11-3-2-4-12-24/h7-10,14-15H,2-6,11-13H2,1H3. The van der Waals surface area contributed by atoms with E-state index >= 15 is 0 Å². The van der Waals surface area contributed by atoms with Crippen LogP contribution in [0.5, 0.6) is 0 Å². The monoisotopic (exact) mass is 432 g/mol. The predicted molar refractivity (Wildman–Crippen MR) is 115 cm³/mol. The van der Waals surface area contributed by atoms with Crippen molar-refractivity contribution in [2.24, 2.45) is 0 Å². The number of hydrogen-bond acceptors (Lipinski definition) is 3. The number of halogens is 1. The van der Waals surface area contributed by atoms with E-state index in [2.05, 4.69) is 6.07 Å². The molecule has 0 aliphatic carbocycles. The maximum atomic E-state index is 13.3. The summed E-state index contributed by atoms with van der Waals surface area (Å²) in [6, 6.07) is 10.7. The van der Waals surface area contributed by atoms with Crippen molar-refractivity contribution in [1.29, 1.82) is 0 Å². The number of amides is 1. The zero-order valence-electron chi connectivity index (χ0n) is 16.5. The van der Waals surface area contributed by atoms with E-state index in [-0.39, 0.29) is 15.8 Å². The molecule has 0 radical (unpaired) electrons. The molecule has 0 bridgehead atoms. The second kappa shape index (κ2) is 8.09. The summed E-state index contributed by atoms with van der Waals surface area (Å²) in [6.07, 6.45) is 4.55. The highest BCUT2D eigenvalue weighted by Gasteiger charge is 2.30. The molecule has 1 amide bonds. The number of nitrogens with zero attached hydrogens (tertiary/aromatic N) is 2. The molecule has 7 heteroatoms. The first-order valence-electron chi connectivity index (χ1n) is 10.1. The average molecular weight is 433 g/mol. The van der Waals surface area contributed by atoms with E-state index in [0.717, 1.165) is 43.4 Å². The summed E-state index contributed by atoms with van der Waals surface area (Å²) in [6.45, 7) is 3.65. The lowest BCUT2D eigenvalue weighted by atomic mass is 9.99. The Labute approximate surface area is 177 Å². The lowest BCUT2D eigenvalue weighted by molar-refractivity contribution is 0.0985. The first-order valence-corrected chi connectivity index (χ1v) is 11.9. The van der Waals surface area contributed by atoms with Gasteiger partial charge < -0.3 is 4.90 Å². The molecule has 5 nitrogen and oxygen atoms in total. The van der Waals surface area contributed by atoms with Gasteiger partial charge in [0.1, 0.15) is 4.90 Å². The van der Waals surface area contributed by atoms with Gasteiger partial charge in [0.25, 0.3) is 5.91 Å². The van der Waals surface area contributed by atoms with Gasteiger partial charge in [-0.05, 0) is 62.4 Å². The second-order valence-corrected chi connectivity index (χ2v) is 10.1. The smallest absolute Gasteiger partial charge is 0.258 e. The number of carbonyl (C=O) groups excluding carboxylic acids is 1. The third-order valence-electron chi connectivity index (χ3n) is 5.71. The SMILES string of the molecule is Cc1ccc2c(c1)CCCN2C(=O)c1ccc(Cl)c(S(=O)(=O)N2CCCCC2)c1. The first kappa shape index (κ1) is 20.4. The van der Waals surface area contributed by atoms with Crippen LogP contribution in [-0.4, -0.2) is 38.3 Å². The van der Waals surface area contributed by atoms with E-state index in [0.29, 0.717) is 25.2 Å². The molecule has 2 aromatic carbocycles. The molecule has 2 aliphatic rings. The highest BCUT2D eigenvalue weighted by atomic mass is 35.5. The van der Waals surface area contributed by atoms with Crippen molar-refractivity contribution in [2.45, 2.75) is 43.9 Å². The van der Waals surface area contributed by atoms with Gasteiger partial charge in [0.15, 0.2) is 0 Å². The van der Waals surface area contributed by atoms with Crippen LogP contribution in [0.2, 0.25) is 5.02 Å². The number of anilines is 1. The number of fused-ring (bicyclic) bond motifs is 1. The number of piperidine rings is 1. The Morgan fingerprint density at radius 1 is 0.966 bits per heavy atom. The number of hydrogen-bond donors (Lipinski definition) is 0. The summed E-state index contributed by atoms with van der Waals surface area (Å²) in [4.78, 5) is 15.1. The van der Waals surface area contributed by atoms with Crippen molar-refractivity contribution >= 4 is 33.2 Å². The van der Waals surface area contributed by atoms with Crippen molar-refractivity contribution in [1.82, 2.24) is 4.31 Å². The van der Waals surface area contributed by atoms with Gasteiger partial charge in [0.2, 0.25) is 10.0 Å². The van der Waals surface area contributed by atoms with Gasteiger partial charge in [-0.15, -0.1) is 0 Å². The van der Waals surface area contributed by atoms with E-state index in [4.69, 9.17) is 11.6 Å². The van der Waals surface area contributed by atoms with E-state index in [1.807, 2.05) is 19.1 Å². The molecular formula is C22H25ClN2O3S. The zero-order chi connectivity index (χ0) is 20.6. The molecule has 2 aliphatic heterocycles. The van der Waals surface area contributed by atoms with Crippen LogP contribution < -0.4 is 4.90 Å². The van der Waals surface area contributed by atoms with Crippen LogP contribution in [0.3, 0.4) is 0 Å². The van der Waals surface area contributed by atoms with Gasteiger partial charge in [-0.1, -0.05) is 35.7 Å². The van der Waals surface area contributed by atoms with Gasteiger partial charge in [-0.25, -0.2) is 8.42 Å². The topological polar surface area (TPSA) is 57.7 Å². The maximum Gasteiger partial charge on any atom is 0.258 e. The molecule has 154 valence electrons.